The molecule has 0 saturated carbocycles. The van der Waals surface area contributed by atoms with Gasteiger partial charge in [0.15, 0.2) is 6.08 Å². The molecule has 0 fully saturated rings. The van der Waals surface area contributed by atoms with Gasteiger partial charge >= 0.3 is 0 Å². The molecule has 176 valence electrons. The summed E-state index contributed by atoms with van der Waals surface area (Å²) >= 11 is 0. The molecule has 3 aromatic rings. The van der Waals surface area contributed by atoms with E-state index < -0.39 is 21.7 Å². The minimum atomic E-state index is -4.24. The van der Waals surface area contributed by atoms with Crippen molar-refractivity contribution in [2.24, 2.45) is 4.40 Å². The highest BCUT2D eigenvalue weighted by molar-refractivity contribution is 7.90. The minimum absolute atomic E-state index is 0.0561. The van der Waals surface area contributed by atoms with E-state index in [4.69, 9.17) is 0 Å². The zero-order chi connectivity index (χ0) is 24.2. The number of ether oxygens (including phenoxy) is 1. The van der Waals surface area contributed by atoms with Gasteiger partial charge in [-0.25, -0.2) is 4.98 Å². The second-order valence-corrected chi connectivity index (χ2v) is 9.82. The number of sulfonamides is 1. The first-order valence-corrected chi connectivity index (χ1v) is 12.0. The van der Waals surface area contributed by atoms with Gasteiger partial charge in [-0.3, -0.25) is 0 Å². The van der Waals surface area contributed by atoms with Crippen LogP contribution < -0.4 is 5.11 Å². The van der Waals surface area contributed by atoms with Crippen molar-refractivity contribution in [3.05, 3.63) is 71.8 Å². The van der Waals surface area contributed by atoms with E-state index in [9.17, 15) is 18.6 Å². The third-order valence-electron chi connectivity index (χ3n) is 5.11. The van der Waals surface area contributed by atoms with Crippen LogP contribution in [-0.2, 0) is 33.3 Å². The largest absolute Gasteiger partial charge is 0.603 e. The summed E-state index contributed by atoms with van der Waals surface area (Å²) in [7, 11) is -3.17. The molecule has 0 unspecified atom stereocenters. The SMILES string of the molecule is CCCc1ccc(S(=O)(=O)/N=C(\[O-])OC)c(-c2ccc(Cn3ccnc3C(C)(C)O)cc2)c1. The number of nitrogens with zero attached hydrogens (tertiary/aromatic N) is 3. The fourth-order valence-electron chi connectivity index (χ4n) is 3.61. The van der Waals surface area contributed by atoms with Gasteiger partial charge in [0, 0.05) is 24.5 Å². The number of rotatable bonds is 8. The van der Waals surface area contributed by atoms with E-state index in [0.29, 0.717) is 23.5 Å². The first kappa shape index (κ1) is 24.5. The van der Waals surface area contributed by atoms with Crippen molar-refractivity contribution in [3.63, 3.8) is 0 Å². The topological polar surface area (TPSA) is 117 Å². The number of methoxy groups -OCH3 is 1. The van der Waals surface area contributed by atoms with Gasteiger partial charge in [0.25, 0.3) is 10.0 Å². The maximum absolute atomic E-state index is 12.8. The minimum Gasteiger partial charge on any atom is -0.603 e. The van der Waals surface area contributed by atoms with Gasteiger partial charge in [-0.05, 0) is 56.2 Å². The molecule has 8 nitrogen and oxygen atoms in total. The van der Waals surface area contributed by atoms with Crippen LogP contribution in [-0.4, -0.2) is 36.3 Å². The molecular formula is C24H28N3O5S-. The highest BCUT2D eigenvalue weighted by Gasteiger charge is 2.22. The van der Waals surface area contributed by atoms with Crippen molar-refractivity contribution in [1.82, 2.24) is 9.55 Å². The lowest BCUT2D eigenvalue weighted by Gasteiger charge is -2.19. The average molecular weight is 471 g/mol. The molecular weight excluding hydrogens is 442 g/mol. The Kier molecular flexibility index (Phi) is 7.24. The van der Waals surface area contributed by atoms with Crippen LogP contribution in [0.15, 0.2) is 64.2 Å². The molecule has 3 rings (SSSR count). The normalized spacial score (nSPS) is 12.7. The highest BCUT2D eigenvalue weighted by atomic mass is 32.2. The van der Waals surface area contributed by atoms with E-state index >= 15 is 0 Å². The first-order valence-electron chi connectivity index (χ1n) is 10.6. The number of aryl methyl sites for hydroxylation is 1. The summed E-state index contributed by atoms with van der Waals surface area (Å²) in [6.07, 6.45) is 3.97. The Labute approximate surface area is 194 Å². The Hall–Kier alpha value is -3.17. The predicted octanol–water partition coefficient (Wildman–Crippen LogP) is 2.83. The standard InChI is InChI=1S/C24H29N3O5S/c1-5-6-17-9-12-21(33(30,31)26-23(28)32-4)20(15-17)19-10-7-18(8-11-19)16-27-14-13-25-22(27)24(2,3)29/h7-15,29H,5-6,16H2,1-4H3,(H,26,28)/p-1. The van der Waals surface area contributed by atoms with E-state index in [1.165, 1.54) is 6.07 Å². The maximum Gasteiger partial charge on any atom is 0.284 e. The lowest BCUT2D eigenvalue weighted by Crippen LogP contribution is -2.22. The number of aromatic nitrogens is 2. The van der Waals surface area contributed by atoms with Crippen LogP contribution in [0.1, 0.15) is 44.1 Å². The molecule has 33 heavy (non-hydrogen) atoms. The molecule has 0 saturated heterocycles. The fourth-order valence-corrected chi connectivity index (χ4v) is 4.67. The number of imidazole rings is 1. The van der Waals surface area contributed by atoms with Crippen molar-refractivity contribution < 1.29 is 23.4 Å². The zero-order valence-electron chi connectivity index (χ0n) is 19.1. The van der Waals surface area contributed by atoms with Gasteiger partial charge in [-0.2, -0.15) is 8.42 Å². The van der Waals surface area contributed by atoms with Crippen molar-refractivity contribution in [3.8, 4) is 11.1 Å². The number of aliphatic hydroxyl groups is 1. The zero-order valence-corrected chi connectivity index (χ0v) is 20.0. The predicted molar refractivity (Wildman–Crippen MR) is 124 cm³/mol. The molecule has 1 N–H and O–H groups in total. The Morgan fingerprint density at radius 2 is 1.85 bits per heavy atom. The summed E-state index contributed by atoms with van der Waals surface area (Å²) in [5, 5.41) is 21.8. The van der Waals surface area contributed by atoms with Crippen LogP contribution in [0, 0.1) is 0 Å². The van der Waals surface area contributed by atoms with Crippen LogP contribution in [0.2, 0.25) is 0 Å². The van der Waals surface area contributed by atoms with Gasteiger partial charge in [-0.15, -0.1) is 4.40 Å². The number of hydrogen-bond donors (Lipinski definition) is 1. The van der Waals surface area contributed by atoms with E-state index in [2.05, 4.69) is 14.1 Å². The van der Waals surface area contributed by atoms with Crippen molar-refractivity contribution in [2.45, 2.75) is 50.7 Å². The number of hydrogen-bond acceptors (Lipinski definition) is 6. The molecule has 0 aliphatic heterocycles. The molecule has 0 atom stereocenters. The summed E-state index contributed by atoms with van der Waals surface area (Å²) in [5.41, 5.74) is 2.02. The van der Waals surface area contributed by atoms with Crippen LogP contribution in [0.25, 0.3) is 11.1 Å². The second kappa shape index (κ2) is 9.76. The third-order valence-corrected chi connectivity index (χ3v) is 6.41. The van der Waals surface area contributed by atoms with E-state index in [1.54, 1.807) is 32.3 Å². The summed E-state index contributed by atoms with van der Waals surface area (Å²) in [5.74, 6) is 0.552. The van der Waals surface area contributed by atoms with Gasteiger partial charge < -0.3 is 19.5 Å². The Bertz CT molecular complexity index is 1240. The van der Waals surface area contributed by atoms with Gasteiger partial charge in [0.05, 0.1) is 4.90 Å². The second-order valence-electron chi connectivity index (χ2n) is 8.25. The van der Waals surface area contributed by atoms with E-state index in [1.807, 2.05) is 41.8 Å². The van der Waals surface area contributed by atoms with Crippen molar-refractivity contribution >= 4 is 16.1 Å². The Morgan fingerprint density at radius 3 is 2.45 bits per heavy atom. The highest BCUT2D eigenvalue weighted by Crippen LogP contribution is 2.31. The number of benzene rings is 2. The van der Waals surface area contributed by atoms with E-state index in [-0.39, 0.29) is 4.90 Å². The van der Waals surface area contributed by atoms with Crippen molar-refractivity contribution in [1.29, 1.82) is 0 Å². The lowest BCUT2D eigenvalue weighted by atomic mass is 10.00. The Morgan fingerprint density at radius 1 is 1.18 bits per heavy atom. The van der Waals surface area contributed by atoms with Crippen LogP contribution in [0.5, 0.6) is 0 Å². The first-order chi connectivity index (χ1) is 15.5. The average Bonchev–Trinajstić information content (AvgIpc) is 3.23. The van der Waals surface area contributed by atoms with Crippen LogP contribution >= 0.6 is 0 Å². The van der Waals surface area contributed by atoms with Crippen LogP contribution in [0.3, 0.4) is 0 Å². The third kappa shape index (κ3) is 5.80. The fraction of sp³-hybridized carbons (Fsp3) is 0.333. The molecule has 1 heterocycles. The molecule has 9 heteroatoms. The van der Waals surface area contributed by atoms with Gasteiger partial charge in [-0.1, -0.05) is 43.7 Å². The lowest BCUT2D eigenvalue weighted by molar-refractivity contribution is -0.246. The molecule has 0 amide bonds. The molecule has 0 radical (unpaired) electrons. The monoisotopic (exact) mass is 470 g/mol. The van der Waals surface area contributed by atoms with Gasteiger partial charge in [0.1, 0.15) is 11.4 Å². The van der Waals surface area contributed by atoms with Crippen molar-refractivity contribution in [2.75, 3.05) is 7.11 Å². The summed E-state index contributed by atoms with van der Waals surface area (Å²) in [6, 6.07) is 12.5. The van der Waals surface area contributed by atoms with Gasteiger partial charge in [0.2, 0.25) is 0 Å². The smallest absolute Gasteiger partial charge is 0.284 e. The molecule has 2 aromatic carbocycles. The summed E-state index contributed by atoms with van der Waals surface area (Å²) in [4.78, 5) is 4.19. The van der Waals surface area contributed by atoms with E-state index in [0.717, 1.165) is 31.1 Å². The molecule has 0 aliphatic carbocycles. The maximum atomic E-state index is 12.8. The Balaban J connectivity index is 2.00. The molecule has 0 spiro atoms. The molecule has 1 aromatic heterocycles. The molecule has 0 bridgehead atoms. The summed E-state index contributed by atoms with van der Waals surface area (Å²) < 4.78 is 35.1. The van der Waals surface area contributed by atoms with Crippen LogP contribution in [0.4, 0.5) is 0 Å². The summed E-state index contributed by atoms with van der Waals surface area (Å²) in [6.45, 7) is 5.90. The molecule has 0 aliphatic rings. The quantitative estimate of drug-likeness (QED) is 0.400.